The number of rotatable bonds is 6. The Kier molecular flexibility index (Phi) is 7.51. The number of hydrogen-bond donors (Lipinski definition) is 2. The Morgan fingerprint density at radius 3 is 2.53 bits per heavy atom. The summed E-state index contributed by atoms with van der Waals surface area (Å²) < 4.78 is 53.9. The molecule has 36 heavy (non-hydrogen) atoms. The molecular weight excluding hydrogens is 478 g/mol. The predicted molar refractivity (Wildman–Crippen MR) is 126 cm³/mol. The highest BCUT2D eigenvalue weighted by Crippen LogP contribution is 2.43. The standard InChI is InChI=1S/C25H31F4N5O2/c1-14(2)30-12-17(16-4-5-19(26)18(11-16)25(27,28)29)24(36)34-8-6-33(7-9-34)23-21-15(3)10-20(35)22(21)31-13-32-23/h4-5,11,13-15,17,20,30,35H,6-10,12H2,1-3H3/t15?,17-,20-/m1/s1. The molecule has 0 radical (unpaired) electrons. The van der Waals surface area contributed by atoms with E-state index in [1.54, 1.807) is 4.90 Å². The van der Waals surface area contributed by atoms with Crippen molar-refractivity contribution in [1.29, 1.82) is 0 Å². The number of aliphatic hydroxyl groups is 1. The van der Waals surface area contributed by atoms with Gasteiger partial charge in [0.1, 0.15) is 18.0 Å². The summed E-state index contributed by atoms with van der Waals surface area (Å²) in [5.74, 6) is -1.70. The molecule has 3 atom stereocenters. The predicted octanol–water partition coefficient (Wildman–Crippen LogP) is 3.61. The van der Waals surface area contributed by atoms with Crippen LogP contribution in [0.4, 0.5) is 23.4 Å². The fraction of sp³-hybridized carbons (Fsp3) is 0.560. The Labute approximate surface area is 207 Å². The monoisotopic (exact) mass is 509 g/mol. The van der Waals surface area contributed by atoms with Crippen LogP contribution in [0.1, 0.15) is 67.5 Å². The number of carbonyl (C=O) groups is 1. The van der Waals surface area contributed by atoms with E-state index in [0.717, 1.165) is 23.5 Å². The Morgan fingerprint density at radius 1 is 1.19 bits per heavy atom. The number of hydrogen-bond acceptors (Lipinski definition) is 6. The number of piperazine rings is 1. The van der Waals surface area contributed by atoms with Crippen molar-refractivity contribution in [1.82, 2.24) is 20.2 Å². The highest BCUT2D eigenvalue weighted by atomic mass is 19.4. The average Bonchev–Trinajstić information content (AvgIpc) is 3.12. The van der Waals surface area contributed by atoms with Crippen LogP contribution in [0.15, 0.2) is 24.5 Å². The molecule has 196 valence electrons. The molecule has 7 nitrogen and oxygen atoms in total. The lowest BCUT2D eigenvalue weighted by molar-refractivity contribution is -0.140. The van der Waals surface area contributed by atoms with Crippen LogP contribution in [0, 0.1) is 5.82 Å². The molecule has 1 aliphatic carbocycles. The van der Waals surface area contributed by atoms with Crippen LogP contribution in [0.5, 0.6) is 0 Å². The molecular formula is C25H31F4N5O2. The Morgan fingerprint density at radius 2 is 1.89 bits per heavy atom. The molecule has 4 rings (SSSR count). The maximum absolute atomic E-state index is 13.9. The Bertz CT molecular complexity index is 1100. The number of alkyl halides is 3. The van der Waals surface area contributed by atoms with E-state index in [1.165, 1.54) is 12.4 Å². The number of fused-ring (bicyclic) bond motifs is 1. The van der Waals surface area contributed by atoms with Gasteiger partial charge in [-0.05, 0) is 30.0 Å². The number of aliphatic hydroxyl groups excluding tert-OH is 1. The van der Waals surface area contributed by atoms with Gasteiger partial charge >= 0.3 is 6.18 Å². The minimum absolute atomic E-state index is 0.0110. The molecule has 2 aliphatic rings. The molecule has 2 aromatic rings. The third-order valence-electron chi connectivity index (χ3n) is 6.90. The molecule has 0 saturated carbocycles. The van der Waals surface area contributed by atoms with Gasteiger partial charge in [0.25, 0.3) is 0 Å². The Hall–Kier alpha value is -2.79. The van der Waals surface area contributed by atoms with E-state index >= 15 is 0 Å². The summed E-state index contributed by atoms with van der Waals surface area (Å²) in [6.07, 6.45) is -3.45. The van der Waals surface area contributed by atoms with Crippen molar-refractivity contribution in [3.63, 3.8) is 0 Å². The summed E-state index contributed by atoms with van der Waals surface area (Å²) in [6, 6.07) is 2.78. The molecule has 2 N–H and O–H groups in total. The average molecular weight is 510 g/mol. The molecule has 1 unspecified atom stereocenters. The van der Waals surface area contributed by atoms with Crippen LogP contribution >= 0.6 is 0 Å². The number of nitrogens with zero attached hydrogens (tertiary/aromatic N) is 4. The minimum atomic E-state index is -4.85. The summed E-state index contributed by atoms with van der Waals surface area (Å²) in [6.45, 7) is 7.61. The van der Waals surface area contributed by atoms with Gasteiger partial charge in [0.15, 0.2) is 0 Å². The van der Waals surface area contributed by atoms with Crippen molar-refractivity contribution in [2.24, 2.45) is 0 Å². The number of anilines is 1. The van der Waals surface area contributed by atoms with Crippen LogP contribution in [0.25, 0.3) is 0 Å². The molecule has 1 aromatic heterocycles. The van der Waals surface area contributed by atoms with E-state index in [1.807, 2.05) is 20.8 Å². The lowest BCUT2D eigenvalue weighted by Crippen LogP contribution is -2.51. The fourth-order valence-corrected chi connectivity index (χ4v) is 4.99. The number of amides is 1. The second kappa shape index (κ2) is 10.3. The van der Waals surface area contributed by atoms with Gasteiger partial charge in [-0.15, -0.1) is 0 Å². The van der Waals surface area contributed by atoms with Crippen molar-refractivity contribution in [3.8, 4) is 0 Å². The third-order valence-corrected chi connectivity index (χ3v) is 6.90. The zero-order valence-electron chi connectivity index (χ0n) is 20.5. The maximum Gasteiger partial charge on any atom is 0.419 e. The van der Waals surface area contributed by atoms with Gasteiger partial charge in [0, 0.05) is 44.3 Å². The van der Waals surface area contributed by atoms with E-state index < -0.39 is 29.6 Å². The van der Waals surface area contributed by atoms with Crippen LogP contribution in [0.3, 0.4) is 0 Å². The lowest BCUT2D eigenvalue weighted by Gasteiger charge is -2.38. The molecule has 2 heterocycles. The fourth-order valence-electron chi connectivity index (χ4n) is 4.99. The lowest BCUT2D eigenvalue weighted by atomic mass is 9.94. The highest BCUT2D eigenvalue weighted by Gasteiger charge is 2.37. The normalized spacial score (nSPS) is 21.1. The first kappa shape index (κ1) is 26.3. The zero-order valence-corrected chi connectivity index (χ0v) is 20.5. The van der Waals surface area contributed by atoms with Crippen molar-refractivity contribution in [3.05, 3.63) is 52.7 Å². The first-order valence-electron chi connectivity index (χ1n) is 12.1. The van der Waals surface area contributed by atoms with Crippen molar-refractivity contribution >= 4 is 11.7 Å². The quantitative estimate of drug-likeness (QED) is 0.580. The number of carbonyl (C=O) groups excluding carboxylic acids is 1. The topological polar surface area (TPSA) is 81.6 Å². The van der Waals surface area contributed by atoms with Gasteiger partial charge in [0.05, 0.1) is 23.3 Å². The van der Waals surface area contributed by atoms with Crippen LogP contribution < -0.4 is 10.2 Å². The Balaban J connectivity index is 1.53. The highest BCUT2D eigenvalue weighted by molar-refractivity contribution is 5.84. The second-order valence-electron chi connectivity index (χ2n) is 9.81. The number of nitrogens with one attached hydrogen (secondary N) is 1. The molecule has 1 saturated heterocycles. The van der Waals surface area contributed by atoms with Gasteiger partial charge < -0.3 is 20.2 Å². The first-order chi connectivity index (χ1) is 17.0. The minimum Gasteiger partial charge on any atom is -0.387 e. The summed E-state index contributed by atoms with van der Waals surface area (Å²) in [7, 11) is 0. The van der Waals surface area contributed by atoms with Crippen molar-refractivity contribution in [2.45, 2.75) is 57.3 Å². The maximum atomic E-state index is 13.9. The molecule has 1 aliphatic heterocycles. The smallest absolute Gasteiger partial charge is 0.387 e. The third kappa shape index (κ3) is 5.31. The van der Waals surface area contributed by atoms with Gasteiger partial charge in [-0.2, -0.15) is 13.2 Å². The van der Waals surface area contributed by atoms with Gasteiger partial charge in [-0.3, -0.25) is 4.79 Å². The van der Waals surface area contributed by atoms with E-state index in [0.29, 0.717) is 38.3 Å². The van der Waals surface area contributed by atoms with Crippen LogP contribution in [-0.4, -0.2) is 64.6 Å². The molecule has 1 amide bonds. The number of aromatic nitrogens is 2. The van der Waals surface area contributed by atoms with Crippen LogP contribution in [0.2, 0.25) is 0 Å². The SMILES string of the molecule is CC(C)NC[C@@H](C(=O)N1CCN(c2ncnc3c2C(C)C[C@H]3O)CC1)c1ccc(F)c(C(F)(F)F)c1. The van der Waals surface area contributed by atoms with Gasteiger partial charge in [-0.25, -0.2) is 14.4 Å². The van der Waals surface area contributed by atoms with E-state index in [-0.39, 0.29) is 30.0 Å². The largest absolute Gasteiger partial charge is 0.419 e. The summed E-state index contributed by atoms with van der Waals surface area (Å²) in [5, 5.41) is 13.4. The zero-order chi connectivity index (χ0) is 26.2. The second-order valence-corrected chi connectivity index (χ2v) is 9.81. The molecule has 1 fully saturated rings. The molecule has 1 aromatic carbocycles. The number of halogens is 4. The van der Waals surface area contributed by atoms with Gasteiger partial charge in [0.2, 0.25) is 5.91 Å². The van der Waals surface area contributed by atoms with E-state index in [9.17, 15) is 27.5 Å². The van der Waals surface area contributed by atoms with Crippen LogP contribution in [-0.2, 0) is 11.0 Å². The number of benzene rings is 1. The summed E-state index contributed by atoms with van der Waals surface area (Å²) in [5.41, 5.74) is 0.319. The summed E-state index contributed by atoms with van der Waals surface area (Å²) >= 11 is 0. The molecule has 0 bridgehead atoms. The van der Waals surface area contributed by atoms with E-state index in [4.69, 9.17) is 0 Å². The van der Waals surface area contributed by atoms with E-state index in [2.05, 4.69) is 20.2 Å². The van der Waals surface area contributed by atoms with Crippen molar-refractivity contribution < 1.29 is 27.5 Å². The van der Waals surface area contributed by atoms with Gasteiger partial charge in [-0.1, -0.05) is 26.8 Å². The summed E-state index contributed by atoms with van der Waals surface area (Å²) in [4.78, 5) is 25.9. The molecule has 0 spiro atoms. The first-order valence-corrected chi connectivity index (χ1v) is 12.1. The molecule has 11 heteroatoms. The van der Waals surface area contributed by atoms with Crippen molar-refractivity contribution in [2.75, 3.05) is 37.6 Å².